The first-order chi connectivity index (χ1) is 9.52. The number of rotatable bonds is 4. The van der Waals surface area contributed by atoms with Crippen LogP contribution in [0.15, 0.2) is 12.1 Å². The highest BCUT2D eigenvalue weighted by molar-refractivity contribution is 5.48. The van der Waals surface area contributed by atoms with Crippen LogP contribution >= 0.6 is 0 Å². The van der Waals surface area contributed by atoms with Crippen molar-refractivity contribution in [2.24, 2.45) is 11.3 Å². The minimum absolute atomic E-state index is 0.0132. The summed E-state index contributed by atoms with van der Waals surface area (Å²) in [6, 6.07) is 4.37. The SMILES string of the molecule is CCc1c(CC(CC)C(C)(C)C)ccc(C(C)(C)C)c1O. The van der Waals surface area contributed by atoms with Crippen molar-refractivity contribution in [2.45, 2.75) is 80.1 Å². The molecule has 1 heteroatoms. The molecule has 0 aliphatic carbocycles. The molecule has 0 fully saturated rings. The number of hydrogen-bond donors (Lipinski definition) is 1. The topological polar surface area (TPSA) is 20.2 Å². The maximum atomic E-state index is 10.7. The van der Waals surface area contributed by atoms with Crippen molar-refractivity contribution < 1.29 is 5.11 Å². The van der Waals surface area contributed by atoms with Crippen LogP contribution in [0.5, 0.6) is 5.75 Å². The Labute approximate surface area is 131 Å². The van der Waals surface area contributed by atoms with Crippen LogP contribution in [-0.4, -0.2) is 5.11 Å². The molecule has 21 heavy (non-hydrogen) atoms. The molecule has 1 unspecified atom stereocenters. The molecular weight excluding hydrogens is 256 g/mol. The van der Waals surface area contributed by atoms with Gasteiger partial charge in [0.15, 0.2) is 0 Å². The zero-order chi connectivity index (χ0) is 16.4. The van der Waals surface area contributed by atoms with E-state index in [-0.39, 0.29) is 5.41 Å². The van der Waals surface area contributed by atoms with Gasteiger partial charge in [0.1, 0.15) is 5.75 Å². The molecular formula is C20H34O. The summed E-state index contributed by atoms with van der Waals surface area (Å²) in [4.78, 5) is 0. The molecule has 1 rings (SSSR count). The van der Waals surface area contributed by atoms with Crippen molar-refractivity contribution in [3.8, 4) is 5.75 Å². The molecule has 0 aromatic heterocycles. The van der Waals surface area contributed by atoms with Gasteiger partial charge in [-0.1, -0.05) is 73.9 Å². The van der Waals surface area contributed by atoms with Crippen LogP contribution in [0.1, 0.15) is 78.5 Å². The van der Waals surface area contributed by atoms with Gasteiger partial charge in [-0.2, -0.15) is 0 Å². The highest BCUT2D eigenvalue weighted by atomic mass is 16.3. The lowest BCUT2D eigenvalue weighted by atomic mass is 9.74. The summed E-state index contributed by atoms with van der Waals surface area (Å²) in [5, 5.41) is 10.7. The molecule has 1 N–H and O–H groups in total. The van der Waals surface area contributed by atoms with E-state index in [4.69, 9.17) is 0 Å². The molecule has 1 nitrogen and oxygen atoms in total. The Morgan fingerprint density at radius 2 is 1.57 bits per heavy atom. The molecule has 0 amide bonds. The maximum absolute atomic E-state index is 10.7. The van der Waals surface area contributed by atoms with Gasteiger partial charge >= 0.3 is 0 Å². The fourth-order valence-electron chi connectivity index (χ4n) is 3.20. The highest BCUT2D eigenvalue weighted by Crippen LogP contribution is 2.38. The van der Waals surface area contributed by atoms with Crippen molar-refractivity contribution >= 4 is 0 Å². The first kappa shape index (κ1) is 18.1. The van der Waals surface area contributed by atoms with Gasteiger partial charge in [-0.25, -0.2) is 0 Å². The molecule has 0 radical (unpaired) electrons. The van der Waals surface area contributed by atoms with Gasteiger partial charge in [0.2, 0.25) is 0 Å². The Bertz CT molecular complexity index is 472. The van der Waals surface area contributed by atoms with E-state index in [1.165, 1.54) is 12.0 Å². The van der Waals surface area contributed by atoms with E-state index >= 15 is 0 Å². The van der Waals surface area contributed by atoms with Crippen molar-refractivity contribution in [3.63, 3.8) is 0 Å². The van der Waals surface area contributed by atoms with Gasteiger partial charge < -0.3 is 5.11 Å². The number of phenolic OH excluding ortho intramolecular Hbond substituents is 1. The fraction of sp³-hybridized carbons (Fsp3) is 0.700. The lowest BCUT2D eigenvalue weighted by molar-refractivity contribution is 0.231. The number of benzene rings is 1. The summed E-state index contributed by atoms with van der Waals surface area (Å²) in [5.41, 5.74) is 3.82. The number of aromatic hydroxyl groups is 1. The van der Waals surface area contributed by atoms with E-state index in [0.717, 1.165) is 24.0 Å². The average molecular weight is 290 g/mol. The Hall–Kier alpha value is -0.980. The van der Waals surface area contributed by atoms with Crippen LogP contribution < -0.4 is 0 Å². The summed E-state index contributed by atoms with van der Waals surface area (Å²) in [5.74, 6) is 1.16. The quantitative estimate of drug-likeness (QED) is 0.735. The third-order valence-corrected chi connectivity index (χ3v) is 4.73. The van der Waals surface area contributed by atoms with Crippen molar-refractivity contribution in [1.29, 1.82) is 0 Å². The highest BCUT2D eigenvalue weighted by Gasteiger charge is 2.26. The summed E-state index contributed by atoms with van der Waals surface area (Å²) < 4.78 is 0. The minimum Gasteiger partial charge on any atom is -0.507 e. The van der Waals surface area contributed by atoms with E-state index in [1.807, 2.05) is 0 Å². The van der Waals surface area contributed by atoms with Gasteiger partial charge in [0.05, 0.1) is 0 Å². The van der Waals surface area contributed by atoms with Crippen molar-refractivity contribution in [3.05, 3.63) is 28.8 Å². The summed E-state index contributed by atoms with van der Waals surface area (Å²) in [6.07, 6.45) is 3.13. The standard InChI is InChI=1S/C20H34O/c1-9-15(19(3,4)5)13-14-11-12-17(20(6,7)8)18(21)16(14)10-2/h11-12,15,21H,9-10,13H2,1-8H3. The normalized spacial score (nSPS) is 14.3. The predicted molar refractivity (Wildman–Crippen MR) is 93.1 cm³/mol. The Morgan fingerprint density at radius 3 is 1.95 bits per heavy atom. The number of phenols is 1. The van der Waals surface area contributed by atoms with Crippen LogP contribution in [0.2, 0.25) is 0 Å². The zero-order valence-corrected chi connectivity index (χ0v) is 15.3. The Kier molecular flexibility index (Phi) is 5.52. The van der Waals surface area contributed by atoms with E-state index in [9.17, 15) is 5.11 Å². The maximum Gasteiger partial charge on any atom is 0.122 e. The third kappa shape index (κ3) is 4.25. The van der Waals surface area contributed by atoms with Gasteiger partial charge in [-0.15, -0.1) is 0 Å². The van der Waals surface area contributed by atoms with Gasteiger partial charge in [0, 0.05) is 0 Å². The molecule has 0 heterocycles. The molecule has 1 aromatic rings. The van der Waals surface area contributed by atoms with Crippen LogP contribution in [0.3, 0.4) is 0 Å². The largest absolute Gasteiger partial charge is 0.507 e. The molecule has 1 atom stereocenters. The minimum atomic E-state index is -0.0132. The first-order valence-electron chi connectivity index (χ1n) is 8.36. The second-order valence-corrected chi connectivity index (χ2v) is 8.38. The van der Waals surface area contributed by atoms with Gasteiger partial charge in [-0.05, 0) is 46.3 Å². The molecule has 1 aromatic carbocycles. The molecule has 0 aliphatic rings. The molecule has 0 saturated heterocycles. The first-order valence-corrected chi connectivity index (χ1v) is 8.36. The summed E-state index contributed by atoms with van der Waals surface area (Å²) >= 11 is 0. The number of hydrogen-bond acceptors (Lipinski definition) is 1. The van der Waals surface area contributed by atoms with E-state index in [0.29, 0.717) is 17.1 Å². The predicted octanol–water partition coefficient (Wildman–Crippen LogP) is 5.87. The molecule has 120 valence electrons. The molecule has 0 saturated carbocycles. The lowest BCUT2D eigenvalue weighted by Gasteiger charge is -2.31. The lowest BCUT2D eigenvalue weighted by Crippen LogP contribution is -2.22. The molecule has 0 aliphatic heterocycles. The van der Waals surface area contributed by atoms with Crippen LogP contribution in [-0.2, 0) is 18.3 Å². The van der Waals surface area contributed by atoms with Gasteiger partial charge in [0.25, 0.3) is 0 Å². The molecule has 0 spiro atoms. The third-order valence-electron chi connectivity index (χ3n) is 4.73. The Balaban J connectivity index is 3.24. The Morgan fingerprint density at radius 1 is 1.00 bits per heavy atom. The summed E-state index contributed by atoms with van der Waals surface area (Å²) in [7, 11) is 0. The molecule has 0 bridgehead atoms. The van der Waals surface area contributed by atoms with Crippen LogP contribution in [0, 0.1) is 11.3 Å². The van der Waals surface area contributed by atoms with E-state index < -0.39 is 0 Å². The van der Waals surface area contributed by atoms with Crippen LogP contribution in [0.25, 0.3) is 0 Å². The monoisotopic (exact) mass is 290 g/mol. The average Bonchev–Trinajstić information content (AvgIpc) is 2.32. The summed E-state index contributed by atoms with van der Waals surface area (Å²) in [6.45, 7) is 17.8. The smallest absolute Gasteiger partial charge is 0.122 e. The zero-order valence-electron chi connectivity index (χ0n) is 15.3. The fourth-order valence-corrected chi connectivity index (χ4v) is 3.20. The second-order valence-electron chi connectivity index (χ2n) is 8.38. The van der Waals surface area contributed by atoms with Gasteiger partial charge in [-0.3, -0.25) is 0 Å². The van der Waals surface area contributed by atoms with E-state index in [1.54, 1.807) is 0 Å². The van der Waals surface area contributed by atoms with Crippen LogP contribution in [0.4, 0.5) is 0 Å². The van der Waals surface area contributed by atoms with Crippen molar-refractivity contribution in [2.75, 3.05) is 0 Å². The van der Waals surface area contributed by atoms with Crippen molar-refractivity contribution in [1.82, 2.24) is 0 Å². The van der Waals surface area contributed by atoms with E-state index in [2.05, 4.69) is 67.5 Å². The second kappa shape index (κ2) is 6.42.